The highest BCUT2D eigenvalue weighted by atomic mass is 16.5. The second-order valence-electron chi connectivity index (χ2n) is 2.60. The Morgan fingerprint density at radius 1 is 1.22 bits per heavy atom. The molecular weight excluding hydrogens is 114 g/mol. The van der Waals surface area contributed by atoms with Gasteiger partial charge >= 0.3 is 0 Å². The van der Waals surface area contributed by atoms with Crippen LogP contribution in [0.1, 0.15) is 19.3 Å². The second kappa shape index (κ2) is 3.85. The lowest BCUT2D eigenvalue weighted by molar-refractivity contribution is 0.0507. The van der Waals surface area contributed by atoms with E-state index in [4.69, 9.17) is 4.74 Å². The number of ether oxygens (including phenoxy) is 1. The zero-order chi connectivity index (χ0) is 6.53. The molecule has 0 aromatic carbocycles. The molecule has 2 heteroatoms. The van der Waals surface area contributed by atoms with Crippen LogP contribution in [0, 0.1) is 0 Å². The highest BCUT2D eigenvalue weighted by molar-refractivity contribution is 4.60. The van der Waals surface area contributed by atoms with Gasteiger partial charge in [0.15, 0.2) is 0 Å². The summed E-state index contributed by atoms with van der Waals surface area (Å²) in [6, 6.07) is 0. The molecule has 2 nitrogen and oxygen atoms in total. The van der Waals surface area contributed by atoms with Crippen molar-refractivity contribution in [1.29, 1.82) is 0 Å². The Hall–Kier alpha value is -0.0800. The summed E-state index contributed by atoms with van der Waals surface area (Å²) in [5.41, 5.74) is 0. The summed E-state index contributed by atoms with van der Waals surface area (Å²) < 4.78 is 5.01. The van der Waals surface area contributed by atoms with Crippen LogP contribution in [-0.4, -0.2) is 31.8 Å². The molecule has 0 aliphatic carbocycles. The minimum atomic E-state index is 0.819. The summed E-state index contributed by atoms with van der Waals surface area (Å²) in [5.74, 6) is 0. The summed E-state index contributed by atoms with van der Waals surface area (Å²) in [5, 5.41) is 0. The standard InChI is InChI=1S/C7H15NO/c1-9-7-8-5-3-2-4-6-8/h2-7H2,1H3. The first-order valence-corrected chi connectivity index (χ1v) is 3.65. The lowest BCUT2D eigenvalue weighted by Gasteiger charge is -2.24. The van der Waals surface area contributed by atoms with E-state index in [1.807, 2.05) is 0 Å². The molecule has 0 bridgehead atoms. The van der Waals surface area contributed by atoms with Gasteiger partial charge in [0.25, 0.3) is 0 Å². The van der Waals surface area contributed by atoms with E-state index in [-0.39, 0.29) is 0 Å². The zero-order valence-electron chi connectivity index (χ0n) is 6.10. The van der Waals surface area contributed by atoms with Crippen LogP contribution in [0.3, 0.4) is 0 Å². The molecule has 1 heterocycles. The molecule has 0 saturated carbocycles. The van der Waals surface area contributed by atoms with E-state index in [9.17, 15) is 0 Å². The average Bonchev–Trinajstić information content (AvgIpc) is 1.91. The molecule has 1 rings (SSSR count). The molecular formula is C7H15NO. The summed E-state index contributed by atoms with van der Waals surface area (Å²) in [7, 11) is 1.76. The molecule has 0 radical (unpaired) electrons. The average molecular weight is 129 g/mol. The maximum atomic E-state index is 5.01. The molecule has 1 saturated heterocycles. The van der Waals surface area contributed by atoms with E-state index in [0.29, 0.717) is 0 Å². The third-order valence-electron chi connectivity index (χ3n) is 1.76. The van der Waals surface area contributed by atoms with E-state index in [1.54, 1.807) is 7.11 Å². The Balaban J connectivity index is 2.08. The van der Waals surface area contributed by atoms with E-state index >= 15 is 0 Å². The van der Waals surface area contributed by atoms with E-state index in [0.717, 1.165) is 6.73 Å². The molecule has 0 atom stereocenters. The van der Waals surface area contributed by atoms with Crippen molar-refractivity contribution in [2.45, 2.75) is 19.3 Å². The van der Waals surface area contributed by atoms with Crippen LogP contribution >= 0.6 is 0 Å². The normalized spacial score (nSPS) is 22.3. The minimum Gasteiger partial charge on any atom is -0.369 e. The van der Waals surface area contributed by atoms with Gasteiger partial charge in [-0.2, -0.15) is 0 Å². The van der Waals surface area contributed by atoms with Crippen LogP contribution in [0.2, 0.25) is 0 Å². The number of hydrogen-bond acceptors (Lipinski definition) is 2. The molecule has 0 amide bonds. The summed E-state index contributed by atoms with van der Waals surface area (Å²) >= 11 is 0. The van der Waals surface area contributed by atoms with Gasteiger partial charge in [-0.1, -0.05) is 6.42 Å². The predicted molar refractivity (Wildman–Crippen MR) is 37.3 cm³/mol. The van der Waals surface area contributed by atoms with Crippen molar-refractivity contribution in [2.24, 2.45) is 0 Å². The van der Waals surface area contributed by atoms with Gasteiger partial charge < -0.3 is 4.74 Å². The second-order valence-corrected chi connectivity index (χ2v) is 2.60. The zero-order valence-corrected chi connectivity index (χ0v) is 6.10. The first kappa shape index (κ1) is 7.03. The molecule has 54 valence electrons. The van der Waals surface area contributed by atoms with Gasteiger partial charge in [-0.15, -0.1) is 0 Å². The maximum absolute atomic E-state index is 5.01. The summed E-state index contributed by atoms with van der Waals surface area (Å²) in [6.07, 6.45) is 4.10. The van der Waals surface area contributed by atoms with Gasteiger partial charge in [0.05, 0.1) is 6.73 Å². The minimum absolute atomic E-state index is 0.819. The van der Waals surface area contributed by atoms with Gasteiger partial charge in [0, 0.05) is 20.2 Å². The Bertz CT molecular complexity index is 66.6. The van der Waals surface area contributed by atoms with Gasteiger partial charge in [-0.25, -0.2) is 0 Å². The topological polar surface area (TPSA) is 12.5 Å². The molecule has 1 fully saturated rings. The van der Waals surface area contributed by atoms with E-state index in [1.165, 1.54) is 32.4 Å². The van der Waals surface area contributed by atoms with Crippen LogP contribution in [0.5, 0.6) is 0 Å². The molecule has 0 aromatic rings. The number of methoxy groups -OCH3 is 1. The fraction of sp³-hybridized carbons (Fsp3) is 1.00. The van der Waals surface area contributed by atoms with Crippen LogP contribution < -0.4 is 0 Å². The van der Waals surface area contributed by atoms with Gasteiger partial charge in [0.2, 0.25) is 0 Å². The lowest BCUT2D eigenvalue weighted by Crippen LogP contribution is -2.31. The van der Waals surface area contributed by atoms with Crippen LogP contribution in [0.25, 0.3) is 0 Å². The van der Waals surface area contributed by atoms with Gasteiger partial charge in [0.1, 0.15) is 0 Å². The fourth-order valence-corrected chi connectivity index (χ4v) is 1.27. The van der Waals surface area contributed by atoms with Crippen molar-refractivity contribution in [1.82, 2.24) is 4.90 Å². The van der Waals surface area contributed by atoms with E-state index < -0.39 is 0 Å². The monoisotopic (exact) mass is 129 g/mol. The number of hydrogen-bond donors (Lipinski definition) is 0. The summed E-state index contributed by atoms with van der Waals surface area (Å²) in [4.78, 5) is 2.35. The highest BCUT2D eigenvalue weighted by Crippen LogP contribution is 2.07. The van der Waals surface area contributed by atoms with Crippen LogP contribution in [0.15, 0.2) is 0 Å². The van der Waals surface area contributed by atoms with Crippen molar-refractivity contribution < 1.29 is 4.74 Å². The largest absolute Gasteiger partial charge is 0.369 e. The SMILES string of the molecule is COCN1CCCCC1. The quantitative estimate of drug-likeness (QED) is 0.553. The van der Waals surface area contributed by atoms with Crippen LogP contribution in [0.4, 0.5) is 0 Å². The maximum Gasteiger partial charge on any atom is 0.0986 e. The van der Waals surface area contributed by atoms with Crippen molar-refractivity contribution in [3.63, 3.8) is 0 Å². The van der Waals surface area contributed by atoms with E-state index in [2.05, 4.69) is 4.90 Å². The number of likely N-dealkylation sites (tertiary alicyclic amines) is 1. The third kappa shape index (κ3) is 2.33. The Labute approximate surface area is 56.8 Å². The highest BCUT2D eigenvalue weighted by Gasteiger charge is 2.07. The molecule has 1 aliphatic rings. The Morgan fingerprint density at radius 3 is 2.44 bits per heavy atom. The molecule has 9 heavy (non-hydrogen) atoms. The Kier molecular flexibility index (Phi) is 3.01. The smallest absolute Gasteiger partial charge is 0.0986 e. The van der Waals surface area contributed by atoms with Gasteiger partial charge in [-0.3, -0.25) is 4.90 Å². The molecule has 0 unspecified atom stereocenters. The van der Waals surface area contributed by atoms with Crippen molar-refractivity contribution in [3.8, 4) is 0 Å². The molecule has 0 aromatic heterocycles. The first-order chi connectivity index (χ1) is 4.43. The summed E-state index contributed by atoms with van der Waals surface area (Å²) in [6.45, 7) is 3.28. The Morgan fingerprint density at radius 2 is 1.89 bits per heavy atom. The number of rotatable bonds is 2. The van der Waals surface area contributed by atoms with Crippen molar-refractivity contribution in [3.05, 3.63) is 0 Å². The number of nitrogens with zero attached hydrogens (tertiary/aromatic N) is 1. The predicted octanol–water partition coefficient (Wildman–Crippen LogP) is 1.08. The first-order valence-electron chi connectivity index (χ1n) is 3.65. The van der Waals surface area contributed by atoms with Gasteiger partial charge in [-0.05, 0) is 12.8 Å². The molecule has 1 aliphatic heterocycles. The molecule has 0 spiro atoms. The van der Waals surface area contributed by atoms with Crippen LogP contribution in [-0.2, 0) is 4.74 Å². The third-order valence-corrected chi connectivity index (χ3v) is 1.76. The fourth-order valence-electron chi connectivity index (χ4n) is 1.27. The van der Waals surface area contributed by atoms with Crippen molar-refractivity contribution in [2.75, 3.05) is 26.9 Å². The number of piperidine rings is 1. The molecule has 0 N–H and O–H groups in total. The van der Waals surface area contributed by atoms with Crippen molar-refractivity contribution >= 4 is 0 Å². The lowest BCUT2D eigenvalue weighted by atomic mass is 10.1.